The van der Waals surface area contributed by atoms with E-state index in [1.165, 1.54) is 82.0 Å². The van der Waals surface area contributed by atoms with E-state index in [1.807, 2.05) is 12.3 Å². The van der Waals surface area contributed by atoms with Crippen LogP contribution in [0.15, 0.2) is 42.1 Å². The second-order valence-corrected chi connectivity index (χ2v) is 8.78. The van der Waals surface area contributed by atoms with E-state index < -0.39 is 0 Å². The molecule has 0 unspecified atom stereocenters. The Kier molecular flexibility index (Phi) is 9.20. The predicted octanol–water partition coefficient (Wildman–Crippen LogP) is 6.80. The standard InChI is InChI=1S/C27H40N2O/c1-4-6-7-8-9-18-29-19-16-23(22(5-2)21-29)11-10-12-24-15-17-28-27-14-13-25(30-3)20-26(24)27/h5,13-15,17,20,23H,4,6-12,16,18-19,21H2,1-3H3/b22-5+/t23-/m1/s1. The molecule has 164 valence electrons. The van der Waals surface area contributed by atoms with Crippen LogP contribution < -0.4 is 4.74 Å². The first-order valence-electron chi connectivity index (χ1n) is 12.0. The van der Waals surface area contributed by atoms with E-state index in [4.69, 9.17) is 4.74 Å². The SMILES string of the molecule is C/C=C1\CN(CCCCCCC)CC[C@H]1CCCc1ccnc2ccc(OC)cc12. The first-order valence-corrected chi connectivity index (χ1v) is 12.0. The highest BCUT2D eigenvalue weighted by atomic mass is 16.5. The quantitative estimate of drug-likeness (QED) is 0.302. The molecule has 1 aliphatic rings. The van der Waals surface area contributed by atoms with Gasteiger partial charge < -0.3 is 4.74 Å². The Morgan fingerprint density at radius 1 is 1.13 bits per heavy atom. The van der Waals surface area contributed by atoms with E-state index in [0.29, 0.717) is 0 Å². The molecule has 1 atom stereocenters. The molecule has 0 saturated carbocycles. The molecule has 30 heavy (non-hydrogen) atoms. The predicted molar refractivity (Wildman–Crippen MR) is 128 cm³/mol. The van der Waals surface area contributed by atoms with Crippen molar-refractivity contribution in [1.29, 1.82) is 0 Å². The largest absolute Gasteiger partial charge is 0.497 e. The number of aryl methyl sites for hydroxylation is 1. The van der Waals surface area contributed by atoms with Gasteiger partial charge in [-0.05, 0) is 87.9 Å². The Morgan fingerprint density at radius 3 is 2.80 bits per heavy atom. The molecule has 3 nitrogen and oxygen atoms in total. The van der Waals surface area contributed by atoms with Crippen LogP contribution in [-0.4, -0.2) is 36.6 Å². The highest BCUT2D eigenvalue weighted by Gasteiger charge is 2.22. The number of rotatable bonds is 11. The third kappa shape index (κ3) is 6.31. The van der Waals surface area contributed by atoms with E-state index in [-0.39, 0.29) is 0 Å². The van der Waals surface area contributed by atoms with Gasteiger partial charge in [0.25, 0.3) is 0 Å². The molecule has 0 bridgehead atoms. The van der Waals surface area contributed by atoms with Crippen LogP contribution in [0.4, 0.5) is 0 Å². The van der Waals surface area contributed by atoms with Crippen molar-refractivity contribution in [3.63, 3.8) is 0 Å². The van der Waals surface area contributed by atoms with Gasteiger partial charge in [-0.2, -0.15) is 0 Å². The van der Waals surface area contributed by atoms with Crippen molar-refractivity contribution >= 4 is 10.9 Å². The van der Waals surface area contributed by atoms with Gasteiger partial charge in [0.05, 0.1) is 12.6 Å². The van der Waals surface area contributed by atoms with Crippen LogP contribution in [0, 0.1) is 5.92 Å². The molecule has 0 spiro atoms. The number of benzene rings is 1. The van der Waals surface area contributed by atoms with Gasteiger partial charge in [0.15, 0.2) is 0 Å². The lowest BCUT2D eigenvalue weighted by Crippen LogP contribution is -2.36. The summed E-state index contributed by atoms with van der Waals surface area (Å²) in [4.78, 5) is 7.20. The fourth-order valence-electron chi connectivity index (χ4n) is 4.84. The number of methoxy groups -OCH3 is 1. The summed E-state index contributed by atoms with van der Waals surface area (Å²) >= 11 is 0. The minimum atomic E-state index is 0.758. The molecule has 1 saturated heterocycles. The van der Waals surface area contributed by atoms with Gasteiger partial charge in [-0.3, -0.25) is 9.88 Å². The van der Waals surface area contributed by atoms with Gasteiger partial charge in [0.1, 0.15) is 5.75 Å². The smallest absolute Gasteiger partial charge is 0.119 e. The van der Waals surface area contributed by atoms with Crippen molar-refractivity contribution < 1.29 is 4.74 Å². The van der Waals surface area contributed by atoms with Crippen molar-refractivity contribution in [2.45, 2.75) is 71.6 Å². The van der Waals surface area contributed by atoms with Gasteiger partial charge in [-0.15, -0.1) is 0 Å². The number of likely N-dealkylation sites (tertiary alicyclic amines) is 1. The summed E-state index contributed by atoms with van der Waals surface area (Å²) in [5.41, 5.74) is 4.12. The van der Waals surface area contributed by atoms with Crippen LogP contribution in [0.2, 0.25) is 0 Å². The van der Waals surface area contributed by atoms with Crippen LogP contribution >= 0.6 is 0 Å². The number of allylic oxidation sites excluding steroid dienone is 1. The van der Waals surface area contributed by atoms with Crippen LogP contribution in [0.3, 0.4) is 0 Å². The lowest BCUT2D eigenvalue weighted by atomic mass is 9.86. The highest BCUT2D eigenvalue weighted by molar-refractivity contribution is 5.83. The van der Waals surface area contributed by atoms with Crippen LogP contribution in [0.5, 0.6) is 5.75 Å². The van der Waals surface area contributed by atoms with Crippen molar-refractivity contribution in [1.82, 2.24) is 9.88 Å². The van der Waals surface area contributed by atoms with Crippen molar-refractivity contribution in [3.05, 3.63) is 47.7 Å². The third-order valence-electron chi connectivity index (χ3n) is 6.71. The molecule has 0 N–H and O–H groups in total. The van der Waals surface area contributed by atoms with Crippen LogP contribution in [-0.2, 0) is 6.42 Å². The number of aromatic nitrogens is 1. The molecule has 3 rings (SSSR count). The maximum Gasteiger partial charge on any atom is 0.119 e. The molecular formula is C27H40N2O. The molecule has 1 aliphatic heterocycles. The fraction of sp³-hybridized carbons (Fsp3) is 0.593. The molecule has 0 amide bonds. The van der Waals surface area contributed by atoms with Crippen LogP contribution in [0.1, 0.15) is 70.8 Å². The number of hydrogen-bond acceptors (Lipinski definition) is 3. The zero-order chi connectivity index (χ0) is 21.2. The monoisotopic (exact) mass is 408 g/mol. The Labute approximate surface area is 183 Å². The lowest BCUT2D eigenvalue weighted by molar-refractivity contribution is 0.223. The van der Waals surface area contributed by atoms with Crippen LogP contribution in [0.25, 0.3) is 10.9 Å². The van der Waals surface area contributed by atoms with E-state index in [9.17, 15) is 0 Å². The Hall–Kier alpha value is -1.87. The van der Waals surface area contributed by atoms with Gasteiger partial charge in [-0.25, -0.2) is 0 Å². The van der Waals surface area contributed by atoms with Gasteiger partial charge in [0, 0.05) is 18.1 Å². The van der Waals surface area contributed by atoms with E-state index in [2.05, 4.69) is 48.0 Å². The topological polar surface area (TPSA) is 25.4 Å². The van der Waals surface area contributed by atoms with E-state index in [1.54, 1.807) is 12.7 Å². The minimum Gasteiger partial charge on any atom is -0.497 e. The number of hydrogen-bond donors (Lipinski definition) is 0. The number of piperidine rings is 1. The Morgan fingerprint density at radius 2 is 2.00 bits per heavy atom. The summed E-state index contributed by atoms with van der Waals surface area (Å²) in [6, 6.07) is 8.37. The summed E-state index contributed by atoms with van der Waals surface area (Å²) in [5, 5.41) is 1.24. The van der Waals surface area contributed by atoms with Gasteiger partial charge in [-0.1, -0.05) is 44.3 Å². The maximum absolute atomic E-state index is 5.42. The molecule has 1 fully saturated rings. The average molecular weight is 409 g/mol. The number of ether oxygens (including phenoxy) is 1. The van der Waals surface area contributed by atoms with E-state index in [0.717, 1.165) is 23.6 Å². The number of nitrogens with zero attached hydrogens (tertiary/aromatic N) is 2. The summed E-state index contributed by atoms with van der Waals surface area (Å²) < 4.78 is 5.42. The number of pyridine rings is 1. The van der Waals surface area contributed by atoms with Crippen molar-refractivity contribution in [3.8, 4) is 5.75 Å². The summed E-state index contributed by atoms with van der Waals surface area (Å²) in [5.74, 6) is 1.67. The average Bonchev–Trinajstić information content (AvgIpc) is 2.79. The first kappa shape index (κ1) is 22.8. The molecule has 2 aromatic rings. The number of unbranched alkanes of at least 4 members (excludes halogenated alkanes) is 4. The molecule has 3 heteroatoms. The second-order valence-electron chi connectivity index (χ2n) is 8.78. The first-order chi connectivity index (χ1) is 14.7. The molecule has 0 aliphatic carbocycles. The molecular weight excluding hydrogens is 368 g/mol. The lowest BCUT2D eigenvalue weighted by Gasteiger charge is -2.34. The zero-order valence-corrected chi connectivity index (χ0v) is 19.3. The third-order valence-corrected chi connectivity index (χ3v) is 6.71. The Bertz CT molecular complexity index is 814. The maximum atomic E-state index is 5.42. The summed E-state index contributed by atoms with van der Waals surface area (Å²) in [6.45, 7) is 8.25. The van der Waals surface area contributed by atoms with E-state index >= 15 is 0 Å². The van der Waals surface area contributed by atoms with Crippen molar-refractivity contribution in [2.75, 3.05) is 26.7 Å². The van der Waals surface area contributed by atoms with Crippen molar-refractivity contribution in [2.24, 2.45) is 5.92 Å². The normalized spacial score (nSPS) is 18.9. The minimum absolute atomic E-state index is 0.758. The molecule has 2 heterocycles. The Balaban J connectivity index is 1.49. The molecule has 1 aromatic heterocycles. The zero-order valence-electron chi connectivity index (χ0n) is 19.3. The molecule has 0 radical (unpaired) electrons. The second kappa shape index (κ2) is 12.1. The highest BCUT2D eigenvalue weighted by Crippen LogP contribution is 2.29. The fourth-order valence-corrected chi connectivity index (χ4v) is 4.84. The van der Waals surface area contributed by atoms with Gasteiger partial charge >= 0.3 is 0 Å². The summed E-state index contributed by atoms with van der Waals surface area (Å²) in [7, 11) is 1.73. The number of fused-ring (bicyclic) bond motifs is 1. The summed E-state index contributed by atoms with van der Waals surface area (Å²) in [6.07, 6.45) is 16.2. The van der Waals surface area contributed by atoms with Gasteiger partial charge in [0.2, 0.25) is 0 Å². The molecule has 1 aromatic carbocycles.